The van der Waals surface area contributed by atoms with Gasteiger partial charge in [0, 0.05) is 0 Å². The van der Waals surface area contributed by atoms with Crippen LogP contribution in [-0.4, -0.2) is 13.1 Å². The maximum atomic E-state index is 10.9. The van der Waals surface area contributed by atoms with Crippen LogP contribution in [-0.2, 0) is 16.0 Å². The number of hydrogen-bond donors (Lipinski definition) is 0. The van der Waals surface area contributed by atoms with E-state index in [2.05, 4.69) is 11.3 Å². The molecule has 70 valence electrons. The highest BCUT2D eigenvalue weighted by molar-refractivity contribution is 5.71. The van der Waals surface area contributed by atoms with Crippen LogP contribution >= 0.6 is 0 Å². The van der Waals surface area contributed by atoms with Crippen molar-refractivity contribution in [1.29, 1.82) is 0 Å². The summed E-state index contributed by atoms with van der Waals surface area (Å²) < 4.78 is 9.83. The molecule has 0 radical (unpaired) electrons. The smallest absolute Gasteiger partial charge is 0.313 e. The lowest BCUT2D eigenvalue weighted by atomic mass is 10.2. The number of methoxy groups -OCH3 is 1. The summed E-state index contributed by atoms with van der Waals surface area (Å²) >= 11 is 0. The van der Waals surface area contributed by atoms with Crippen molar-refractivity contribution in [3.05, 3.63) is 29.7 Å². The first-order valence-electron chi connectivity index (χ1n) is 3.96. The molecule has 0 amide bonds. The van der Waals surface area contributed by atoms with Crippen LogP contribution in [0.15, 0.2) is 17.1 Å². The van der Waals surface area contributed by atoms with E-state index in [0.29, 0.717) is 11.5 Å². The standard InChI is InChI=1S/C10H12O3/c1-4-9-7(2)5-8(13-9)6-10(11)12-3/h4-5H,1,6H2,2-3H3. The molecule has 1 rings (SSSR count). The zero-order valence-electron chi connectivity index (χ0n) is 7.79. The third kappa shape index (κ3) is 2.21. The summed E-state index contributed by atoms with van der Waals surface area (Å²) in [4.78, 5) is 10.9. The Kier molecular flexibility index (Phi) is 2.90. The number of esters is 1. The SMILES string of the molecule is C=Cc1oc(CC(=O)OC)cc1C. The monoisotopic (exact) mass is 180 g/mol. The number of ether oxygens (including phenoxy) is 1. The molecule has 0 aliphatic rings. The lowest BCUT2D eigenvalue weighted by Crippen LogP contribution is -2.03. The summed E-state index contributed by atoms with van der Waals surface area (Å²) in [5.41, 5.74) is 0.980. The van der Waals surface area contributed by atoms with Crippen LogP contribution in [0, 0.1) is 6.92 Å². The summed E-state index contributed by atoms with van der Waals surface area (Å²) in [7, 11) is 1.35. The maximum absolute atomic E-state index is 10.9. The van der Waals surface area contributed by atoms with E-state index in [1.54, 1.807) is 6.08 Å². The lowest BCUT2D eigenvalue weighted by Gasteiger charge is -1.93. The Morgan fingerprint density at radius 2 is 2.46 bits per heavy atom. The van der Waals surface area contributed by atoms with Gasteiger partial charge in [-0.2, -0.15) is 0 Å². The predicted molar refractivity (Wildman–Crippen MR) is 49.3 cm³/mol. The molecule has 3 nitrogen and oxygen atoms in total. The molecular formula is C10H12O3. The van der Waals surface area contributed by atoms with E-state index >= 15 is 0 Å². The third-order valence-corrected chi connectivity index (χ3v) is 1.74. The van der Waals surface area contributed by atoms with E-state index in [1.807, 2.05) is 13.0 Å². The van der Waals surface area contributed by atoms with Gasteiger partial charge in [0.05, 0.1) is 7.11 Å². The van der Waals surface area contributed by atoms with Gasteiger partial charge in [-0.25, -0.2) is 0 Å². The van der Waals surface area contributed by atoms with Crippen molar-refractivity contribution in [1.82, 2.24) is 0 Å². The molecule has 0 atom stereocenters. The number of rotatable bonds is 3. The highest BCUT2D eigenvalue weighted by atomic mass is 16.5. The van der Waals surface area contributed by atoms with Gasteiger partial charge >= 0.3 is 5.97 Å². The molecule has 13 heavy (non-hydrogen) atoms. The fourth-order valence-electron chi connectivity index (χ4n) is 1.07. The molecule has 0 N–H and O–H groups in total. The lowest BCUT2D eigenvalue weighted by molar-refractivity contribution is -0.140. The number of furan rings is 1. The minimum atomic E-state index is -0.302. The van der Waals surface area contributed by atoms with Crippen molar-refractivity contribution >= 4 is 12.0 Å². The highest BCUT2D eigenvalue weighted by Crippen LogP contribution is 2.16. The van der Waals surface area contributed by atoms with Gasteiger partial charge in [-0.05, 0) is 24.6 Å². The van der Waals surface area contributed by atoms with Crippen molar-refractivity contribution in [2.24, 2.45) is 0 Å². The van der Waals surface area contributed by atoms with Crippen LogP contribution in [0.25, 0.3) is 6.08 Å². The summed E-state index contributed by atoms with van der Waals surface area (Å²) in [6.07, 6.45) is 1.79. The van der Waals surface area contributed by atoms with Gasteiger partial charge in [0.1, 0.15) is 17.9 Å². The van der Waals surface area contributed by atoms with Crippen LogP contribution < -0.4 is 0 Å². The number of aryl methyl sites for hydroxylation is 1. The zero-order chi connectivity index (χ0) is 9.84. The van der Waals surface area contributed by atoms with Gasteiger partial charge in [-0.3, -0.25) is 4.79 Å². The molecule has 1 aromatic rings. The number of carbonyl (C=O) groups excluding carboxylic acids is 1. The van der Waals surface area contributed by atoms with Gasteiger partial charge in [0.2, 0.25) is 0 Å². The minimum Gasteiger partial charge on any atom is -0.469 e. The Morgan fingerprint density at radius 3 is 2.92 bits per heavy atom. The zero-order valence-corrected chi connectivity index (χ0v) is 7.79. The molecule has 0 aliphatic heterocycles. The van der Waals surface area contributed by atoms with Gasteiger partial charge < -0.3 is 9.15 Å². The van der Waals surface area contributed by atoms with Gasteiger partial charge in [0.25, 0.3) is 0 Å². The van der Waals surface area contributed by atoms with Crippen LogP contribution in [0.2, 0.25) is 0 Å². The van der Waals surface area contributed by atoms with E-state index in [9.17, 15) is 4.79 Å². The van der Waals surface area contributed by atoms with Crippen molar-refractivity contribution in [3.63, 3.8) is 0 Å². The fourth-order valence-corrected chi connectivity index (χ4v) is 1.07. The third-order valence-electron chi connectivity index (χ3n) is 1.74. The molecule has 0 unspecified atom stereocenters. The topological polar surface area (TPSA) is 39.4 Å². The molecule has 0 bridgehead atoms. The summed E-state index contributed by atoms with van der Waals surface area (Å²) in [5, 5.41) is 0. The second-order valence-corrected chi connectivity index (χ2v) is 2.72. The van der Waals surface area contributed by atoms with Crippen molar-refractivity contribution < 1.29 is 13.9 Å². The Morgan fingerprint density at radius 1 is 1.77 bits per heavy atom. The quantitative estimate of drug-likeness (QED) is 0.667. The van der Waals surface area contributed by atoms with Gasteiger partial charge in [0.15, 0.2) is 0 Å². The first kappa shape index (κ1) is 9.58. The molecule has 0 saturated heterocycles. The number of carbonyl (C=O) groups is 1. The van der Waals surface area contributed by atoms with E-state index in [4.69, 9.17) is 4.42 Å². The molecule has 1 heterocycles. The predicted octanol–water partition coefficient (Wildman–Crippen LogP) is 1.95. The van der Waals surface area contributed by atoms with E-state index in [1.165, 1.54) is 7.11 Å². The van der Waals surface area contributed by atoms with Crippen LogP contribution in [0.5, 0.6) is 0 Å². The Bertz CT molecular complexity index is 323. The van der Waals surface area contributed by atoms with E-state index < -0.39 is 0 Å². The van der Waals surface area contributed by atoms with Crippen LogP contribution in [0.4, 0.5) is 0 Å². The van der Waals surface area contributed by atoms with Crippen molar-refractivity contribution in [3.8, 4) is 0 Å². The van der Waals surface area contributed by atoms with Crippen LogP contribution in [0.1, 0.15) is 17.1 Å². The molecule has 0 spiro atoms. The molecular weight excluding hydrogens is 168 g/mol. The molecule has 1 aromatic heterocycles. The Labute approximate surface area is 77.0 Å². The fraction of sp³-hybridized carbons (Fsp3) is 0.300. The Balaban J connectivity index is 2.79. The van der Waals surface area contributed by atoms with Gasteiger partial charge in [-0.1, -0.05) is 6.58 Å². The second-order valence-electron chi connectivity index (χ2n) is 2.72. The first-order valence-corrected chi connectivity index (χ1v) is 3.96. The van der Waals surface area contributed by atoms with Crippen molar-refractivity contribution in [2.75, 3.05) is 7.11 Å². The summed E-state index contributed by atoms with van der Waals surface area (Å²) in [6, 6.07) is 1.81. The minimum absolute atomic E-state index is 0.172. The van der Waals surface area contributed by atoms with E-state index in [-0.39, 0.29) is 12.4 Å². The largest absolute Gasteiger partial charge is 0.469 e. The normalized spacial score (nSPS) is 9.69. The highest BCUT2D eigenvalue weighted by Gasteiger charge is 2.09. The summed E-state index contributed by atoms with van der Waals surface area (Å²) in [5.74, 6) is 1.02. The van der Waals surface area contributed by atoms with Gasteiger partial charge in [-0.15, -0.1) is 0 Å². The number of hydrogen-bond acceptors (Lipinski definition) is 3. The Hall–Kier alpha value is -1.51. The summed E-state index contributed by atoms with van der Waals surface area (Å²) in [6.45, 7) is 5.50. The van der Waals surface area contributed by atoms with E-state index in [0.717, 1.165) is 5.56 Å². The maximum Gasteiger partial charge on any atom is 0.313 e. The molecule has 3 heteroatoms. The first-order chi connectivity index (χ1) is 6.17. The molecule has 0 aromatic carbocycles. The van der Waals surface area contributed by atoms with Crippen molar-refractivity contribution in [2.45, 2.75) is 13.3 Å². The molecule has 0 saturated carbocycles. The molecule has 0 fully saturated rings. The second kappa shape index (κ2) is 3.94. The van der Waals surface area contributed by atoms with Crippen LogP contribution in [0.3, 0.4) is 0 Å². The average Bonchev–Trinajstić information content (AvgIpc) is 2.46. The average molecular weight is 180 g/mol. The molecule has 0 aliphatic carbocycles.